The molecule has 1 unspecified atom stereocenters. The topological polar surface area (TPSA) is 61.0 Å². The third-order valence-electron chi connectivity index (χ3n) is 2.21. The lowest BCUT2D eigenvalue weighted by molar-refractivity contribution is 0.390. The van der Waals surface area contributed by atoms with Crippen molar-refractivity contribution in [2.45, 2.75) is 19.4 Å². The second-order valence-corrected chi connectivity index (χ2v) is 4.44. The van der Waals surface area contributed by atoms with Gasteiger partial charge in [0.1, 0.15) is 5.02 Å². The number of nitrogens with one attached hydrogen (secondary N) is 2. The molecule has 1 aromatic rings. The van der Waals surface area contributed by atoms with Gasteiger partial charge in [-0.25, -0.2) is 5.10 Å². The highest BCUT2D eigenvalue weighted by molar-refractivity contribution is 6.32. The Kier molecular flexibility index (Phi) is 4.76. The van der Waals surface area contributed by atoms with Crippen LogP contribution in [0.15, 0.2) is 11.0 Å². The van der Waals surface area contributed by atoms with E-state index in [0.29, 0.717) is 5.69 Å². The van der Waals surface area contributed by atoms with Gasteiger partial charge in [-0.15, -0.1) is 0 Å². The zero-order valence-electron chi connectivity index (χ0n) is 9.75. The van der Waals surface area contributed by atoms with Gasteiger partial charge in [0.25, 0.3) is 5.56 Å². The first-order chi connectivity index (χ1) is 7.50. The molecule has 0 saturated carbocycles. The zero-order valence-corrected chi connectivity index (χ0v) is 10.5. The molecule has 0 spiro atoms. The number of hydrogen-bond donors (Lipinski definition) is 2. The number of hydrogen-bond acceptors (Lipinski definition) is 4. The molecule has 16 heavy (non-hydrogen) atoms. The smallest absolute Gasteiger partial charge is 0.285 e. The third kappa shape index (κ3) is 3.83. The average molecular weight is 245 g/mol. The molecule has 90 valence electrons. The van der Waals surface area contributed by atoms with Gasteiger partial charge in [0, 0.05) is 6.04 Å². The molecule has 0 radical (unpaired) electrons. The van der Waals surface area contributed by atoms with Crippen molar-refractivity contribution >= 4 is 17.3 Å². The van der Waals surface area contributed by atoms with Gasteiger partial charge < -0.3 is 10.2 Å². The first kappa shape index (κ1) is 13.0. The van der Waals surface area contributed by atoms with Crippen molar-refractivity contribution in [2.75, 3.05) is 26.0 Å². The molecule has 0 aliphatic carbocycles. The molecular weight excluding hydrogens is 228 g/mol. The summed E-state index contributed by atoms with van der Waals surface area (Å²) in [5.41, 5.74) is 0.211. The Balaban J connectivity index is 2.59. The quantitative estimate of drug-likeness (QED) is 0.817. The number of anilines is 1. The van der Waals surface area contributed by atoms with E-state index < -0.39 is 0 Å². The summed E-state index contributed by atoms with van der Waals surface area (Å²) in [7, 11) is 4.04. The Bertz CT molecular complexity index is 391. The van der Waals surface area contributed by atoms with Crippen molar-refractivity contribution < 1.29 is 0 Å². The average Bonchev–Trinajstić information content (AvgIpc) is 2.22. The van der Waals surface area contributed by atoms with Crippen molar-refractivity contribution in [3.63, 3.8) is 0 Å². The van der Waals surface area contributed by atoms with Crippen LogP contribution in [0.25, 0.3) is 0 Å². The van der Waals surface area contributed by atoms with E-state index in [-0.39, 0.29) is 16.6 Å². The Morgan fingerprint density at radius 2 is 2.31 bits per heavy atom. The second-order valence-electron chi connectivity index (χ2n) is 4.06. The molecule has 0 bridgehead atoms. The Labute approximate surface area is 99.8 Å². The summed E-state index contributed by atoms with van der Waals surface area (Å²) in [5, 5.41) is 9.30. The van der Waals surface area contributed by atoms with E-state index in [0.717, 1.165) is 13.0 Å². The summed E-state index contributed by atoms with van der Waals surface area (Å²) < 4.78 is 0. The van der Waals surface area contributed by atoms with Gasteiger partial charge in [-0.1, -0.05) is 11.6 Å². The van der Waals surface area contributed by atoms with Crippen LogP contribution >= 0.6 is 11.6 Å². The van der Waals surface area contributed by atoms with Crippen LogP contribution < -0.4 is 10.9 Å². The highest BCUT2D eigenvalue weighted by Gasteiger charge is 2.08. The fourth-order valence-corrected chi connectivity index (χ4v) is 1.42. The van der Waals surface area contributed by atoms with Crippen LogP contribution in [-0.4, -0.2) is 41.8 Å². The van der Waals surface area contributed by atoms with Gasteiger partial charge in [0.2, 0.25) is 0 Å². The number of rotatable bonds is 5. The minimum absolute atomic E-state index is 0.159. The van der Waals surface area contributed by atoms with Crippen molar-refractivity contribution in [3.8, 4) is 0 Å². The van der Waals surface area contributed by atoms with Crippen LogP contribution in [0.4, 0.5) is 5.69 Å². The molecule has 1 heterocycles. The summed E-state index contributed by atoms with van der Waals surface area (Å²) in [6.45, 7) is 3.02. The van der Waals surface area contributed by atoms with E-state index in [4.69, 9.17) is 11.6 Å². The van der Waals surface area contributed by atoms with E-state index in [1.807, 2.05) is 21.0 Å². The van der Waals surface area contributed by atoms with E-state index >= 15 is 0 Å². The van der Waals surface area contributed by atoms with Crippen molar-refractivity contribution in [1.29, 1.82) is 0 Å². The van der Waals surface area contributed by atoms with Gasteiger partial charge in [-0.05, 0) is 34.0 Å². The lowest BCUT2D eigenvalue weighted by Gasteiger charge is -2.17. The zero-order chi connectivity index (χ0) is 12.1. The molecule has 0 aliphatic heterocycles. The van der Waals surface area contributed by atoms with Crippen LogP contribution in [0.2, 0.25) is 5.02 Å². The molecule has 2 N–H and O–H groups in total. The summed E-state index contributed by atoms with van der Waals surface area (Å²) in [4.78, 5) is 13.3. The number of halogens is 1. The maximum atomic E-state index is 11.2. The van der Waals surface area contributed by atoms with Crippen LogP contribution in [0.5, 0.6) is 0 Å². The van der Waals surface area contributed by atoms with Crippen molar-refractivity contribution in [1.82, 2.24) is 15.1 Å². The fourth-order valence-electron chi connectivity index (χ4n) is 1.27. The molecule has 1 rings (SSSR count). The number of aromatic nitrogens is 2. The summed E-state index contributed by atoms with van der Waals surface area (Å²) in [6.07, 6.45) is 2.49. The highest BCUT2D eigenvalue weighted by Crippen LogP contribution is 2.16. The molecule has 6 heteroatoms. The standard InChI is InChI=1S/C10H17ClN4O/c1-7(4-5-15(2)3)13-8-6-12-14-10(16)9(8)11/h6-7H,4-5H2,1-3H3,(H2,13,14,16). The number of nitrogens with zero attached hydrogens (tertiary/aromatic N) is 2. The SMILES string of the molecule is CC(CCN(C)C)Nc1cn[nH]c(=O)c1Cl. The van der Waals surface area contributed by atoms with Crippen molar-refractivity contribution in [3.05, 3.63) is 21.6 Å². The fraction of sp³-hybridized carbons (Fsp3) is 0.600. The van der Waals surface area contributed by atoms with E-state index in [2.05, 4.69) is 20.4 Å². The van der Waals surface area contributed by atoms with Gasteiger partial charge >= 0.3 is 0 Å². The second kappa shape index (κ2) is 5.86. The molecule has 0 saturated heterocycles. The normalized spacial score (nSPS) is 12.8. The van der Waals surface area contributed by atoms with Crippen LogP contribution in [0.1, 0.15) is 13.3 Å². The lowest BCUT2D eigenvalue weighted by Crippen LogP contribution is -2.24. The third-order valence-corrected chi connectivity index (χ3v) is 2.58. The maximum Gasteiger partial charge on any atom is 0.285 e. The minimum Gasteiger partial charge on any atom is -0.380 e. The Hall–Kier alpha value is -1.07. The molecule has 5 nitrogen and oxygen atoms in total. The highest BCUT2D eigenvalue weighted by atomic mass is 35.5. The molecule has 0 fully saturated rings. The Morgan fingerprint density at radius 3 is 2.94 bits per heavy atom. The molecule has 0 aliphatic rings. The predicted molar refractivity (Wildman–Crippen MR) is 66.1 cm³/mol. The summed E-state index contributed by atoms with van der Waals surface area (Å²) in [5.74, 6) is 0. The van der Waals surface area contributed by atoms with E-state index in [9.17, 15) is 4.79 Å². The molecule has 1 aromatic heterocycles. The van der Waals surface area contributed by atoms with Gasteiger partial charge in [0.15, 0.2) is 0 Å². The summed E-state index contributed by atoms with van der Waals surface area (Å²) in [6, 6.07) is 0.239. The molecular formula is C10H17ClN4O. The number of aromatic amines is 1. The monoisotopic (exact) mass is 244 g/mol. The lowest BCUT2D eigenvalue weighted by atomic mass is 10.2. The van der Waals surface area contributed by atoms with E-state index in [1.165, 1.54) is 6.20 Å². The van der Waals surface area contributed by atoms with Crippen LogP contribution in [0.3, 0.4) is 0 Å². The number of H-pyrrole nitrogens is 1. The maximum absolute atomic E-state index is 11.2. The first-order valence-corrected chi connectivity index (χ1v) is 5.53. The minimum atomic E-state index is -0.369. The van der Waals surface area contributed by atoms with Crippen molar-refractivity contribution in [2.24, 2.45) is 0 Å². The Morgan fingerprint density at radius 1 is 1.62 bits per heavy atom. The first-order valence-electron chi connectivity index (χ1n) is 5.15. The van der Waals surface area contributed by atoms with Gasteiger partial charge in [-0.2, -0.15) is 5.10 Å². The van der Waals surface area contributed by atoms with Gasteiger partial charge in [-0.3, -0.25) is 4.79 Å². The van der Waals surface area contributed by atoms with Crippen LogP contribution in [0, 0.1) is 0 Å². The largest absolute Gasteiger partial charge is 0.380 e. The summed E-state index contributed by atoms with van der Waals surface area (Å²) >= 11 is 5.84. The molecule has 0 aromatic carbocycles. The molecule has 0 amide bonds. The van der Waals surface area contributed by atoms with Gasteiger partial charge in [0.05, 0.1) is 11.9 Å². The molecule has 1 atom stereocenters. The van der Waals surface area contributed by atoms with Crippen LogP contribution in [-0.2, 0) is 0 Å². The van der Waals surface area contributed by atoms with E-state index in [1.54, 1.807) is 0 Å². The predicted octanol–water partition coefficient (Wildman–Crippen LogP) is 1.18.